The first-order valence-corrected chi connectivity index (χ1v) is 9.26. The molecule has 2 fully saturated rings. The number of carboxylic acids is 1. The molecule has 9 nitrogen and oxygen atoms in total. The highest BCUT2D eigenvalue weighted by atomic mass is 16.5. The van der Waals surface area contributed by atoms with Crippen molar-refractivity contribution in [1.82, 2.24) is 15.5 Å². The van der Waals surface area contributed by atoms with Gasteiger partial charge in [0.25, 0.3) is 0 Å². The van der Waals surface area contributed by atoms with Crippen LogP contribution in [0.2, 0.25) is 0 Å². The number of aliphatic hydroxyl groups excluding tert-OH is 1. The third kappa shape index (κ3) is 4.85. The minimum atomic E-state index is -1.68. The summed E-state index contributed by atoms with van der Waals surface area (Å²) in [7, 11) is 0. The molecule has 2 atom stereocenters. The normalized spacial score (nSPS) is 22.2. The lowest BCUT2D eigenvalue weighted by molar-refractivity contribution is -0.149. The van der Waals surface area contributed by atoms with E-state index in [0.29, 0.717) is 39.1 Å². The maximum atomic E-state index is 13.0. The van der Waals surface area contributed by atoms with Gasteiger partial charge in [-0.3, -0.25) is 4.79 Å². The van der Waals surface area contributed by atoms with E-state index in [2.05, 4.69) is 10.6 Å². The molecular formula is C17H29N3O6. The van der Waals surface area contributed by atoms with E-state index in [1.165, 1.54) is 0 Å². The molecule has 26 heavy (non-hydrogen) atoms. The number of aliphatic hydroxyl groups is 1. The number of carbonyl (C=O) groups is 3. The summed E-state index contributed by atoms with van der Waals surface area (Å²) in [4.78, 5) is 38.2. The molecule has 1 aliphatic heterocycles. The molecule has 0 radical (unpaired) electrons. The fourth-order valence-electron chi connectivity index (χ4n) is 3.50. The zero-order chi connectivity index (χ0) is 19.2. The van der Waals surface area contributed by atoms with Crippen molar-refractivity contribution >= 4 is 17.9 Å². The number of hydrogen-bond acceptors (Lipinski definition) is 5. The molecular weight excluding hydrogens is 342 g/mol. The fraction of sp³-hybridized carbons (Fsp3) is 0.824. The Bertz CT molecular complexity index is 515. The molecule has 1 saturated heterocycles. The molecule has 0 aromatic carbocycles. The van der Waals surface area contributed by atoms with Gasteiger partial charge in [-0.15, -0.1) is 0 Å². The Morgan fingerprint density at radius 1 is 1.15 bits per heavy atom. The highest BCUT2D eigenvalue weighted by molar-refractivity contribution is 5.91. The number of amides is 3. The third-order valence-electron chi connectivity index (χ3n) is 5.18. The number of carbonyl (C=O) groups excluding carboxylic acids is 2. The van der Waals surface area contributed by atoms with Gasteiger partial charge >= 0.3 is 12.0 Å². The molecule has 1 unspecified atom stereocenters. The van der Waals surface area contributed by atoms with Crippen molar-refractivity contribution in [3.05, 3.63) is 0 Å². The number of nitrogens with one attached hydrogen (secondary N) is 2. The standard InChI is InChI=1S/C17H29N3O6/c1-2-12(13(21)14(22)23)18-15(24)17(6-4-3-5-7-17)19-16(25)20-8-10-26-11-9-20/h12-13,21H,2-11H2,1H3,(H,18,24)(H,19,25)(H,22,23)/t12-,13?/m0/s1. The summed E-state index contributed by atoms with van der Waals surface area (Å²) < 4.78 is 5.24. The number of hydrogen-bond donors (Lipinski definition) is 4. The SMILES string of the molecule is CC[C@H](NC(=O)C1(NC(=O)N2CCOCC2)CCCCC1)C(O)C(=O)O. The van der Waals surface area contributed by atoms with Crippen LogP contribution in [0.1, 0.15) is 45.4 Å². The van der Waals surface area contributed by atoms with Crippen molar-refractivity contribution in [2.75, 3.05) is 26.3 Å². The molecule has 0 aromatic rings. The smallest absolute Gasteiger partial charge is 0.334 e. The van der Waals surface area contributed by atoms with Gasteiger partial charge in [0, 0.05) is 13.1 Å². The summed E-state index contributed by atoms with van der Waals surface area (Å²) in [6, 6.07) is -1.21. The van der Waals surface area contributed by atoms with E-state index in [-0.39, 0.29) is 12.5 Å². The summed E-state index contributed by atoms with van der Waals surface area (Å²) in [5.41, 5.74) is -1.07. The fourth-order valence-corrected chi connectivity index (χ4v) is 3.50. The minimum absolute atomic E-state index is 0.271. The van der Waals surface area contributed by atoms with Crippen molar-refractivity contribution in [3.63, 3.8) is 0 Å². The van der Waals surface area contributed by atoms with E-state index in [0.717, 1.165) is 19.3 Å². The van der Waals surface area contributed by atoms with Crippen molar-refractivity contribution < 1.29 is 29.3 Å². The summed E-state index contributed by atoms with van der Waals surface area (Å²) in [5.74, 6) is -1.81. The van der Waals surface area contributed by atoms with Crippen LogP contribution in [-0.2, 0) is 14.3 Å². The average molecular weight is 371 g/mol. The second-order valence-electron chi connectivity index (χ2n) is 6.94. The zero-order valence-corrected chi connectivity index (χ0v) is 15.2. The first-order chi connectivity index (χ1) is 12.4. The number of morpholine rings is 1. The van der Waals surface area contributed by atoms with Gasteiger partial charge in [-0.25, -0.2) is 9.59 Å². The van der Waals surface area contributed by atoms with Crippen LogP contribution in [0.4, 0.5) is 4.79 Å². The summed E-state index contributed by atoms with van der Waals surface area (Å²) in [5, 5.41) is 24.3. The second kappa shape index (κ2) is 9.18. The van der Waals surface area contributed by atoms with Crippen LogP contribution < -0.4 is 10.6 Å². The van der Waals surface area contributed by atoms with E-state index in [1.807, 2.05) is 0 Å². The molecule has 0 aromatic heterocycles. The van der Waals surface area contributed by atoms with Crippen LogP contribution in [0.15, 0.2) is 0 Å². The first kappa shape index (κ1) is 20.4. The van der Waals surface area contributed by atoms with Gasteiger partial charge in [-0.1, -0.05) is 26.2 Å². The molecule has 1 heterocycles. The van der Waals surface area contributed by atoms with Crippen molar-refractivity contribution in [3.8, 4) is 0 Å². The van der Waals surface area contributed by atoms with Crippen LogP contribution in [0.5, 0.6) is 0 Å². The summed E-state index contributed by atoms with van der Waals surface area (Å²) in [6.45, 7) is 3.57. The Morgan fingerprint density at radius 3 is 2.31 bits per heavy atom. The number of ether oxygens (including phenoxy) is 1. The number of aliphatic carboxylic acids is 1. The highest BCUT2D eigenvalue weighted by Crippen LogP contribution is 2.29. The van der Waals surface area contributed by atoms with Crippen LogP contribution >= 0.6 is 0 Å². The molecule has 148 valence electrons. The Labute approximate surface area is 153 Å². The Kier molecular flexibility index (Phi) is 7.22. The van der Waals surface area contributed by atoms with Crippen molar-refractivity contribution in [2.24, 2.45) is 0 Å². The van der Waals surface area contributed by atoms with E-state index >= 15 is 0 Å². The molecule has 2 aliphatic rings. The molecule has 9 heteroatoms. The van der Waals surface area contributed by atoms with Crippen LogP contribution in [-0.4, -0.2) is 77.0 Å². The molecule has 3 amide bonds. The van der Waals surface area contributed by atoms with Crippen molar-refractivity contribution in [2.45, 2.75) is 63.1 Å². The largest absolute Gasteiger partial charge is 0.479 e. The van der Waals surface area contributed by atoms with Gasteiger partial charge in [-0.05, 0) is 19.3 Å². The lowest BCUT2D eigenvalue weighted by atomic mass is 9.80. The van der Waals surface area contributed by atoms with Gasteiger partial charge in [0.15, 0.2) is 6.10 Å². The number of nitrogens with zero attached hydrogens (tertiary/aromatic N) is 1. The molecule has 1 saturated carbocycles. The van der Waals surface area contributed by atoms with Crippen LogP contribution in [0.3, 0.4) is 0 Å². The van der Waals surface area contributed by atoms with Gasteiger partial charge < -0.3 is 30.5 Å². The average Bonchev–Trinajstić information content (AvgIpc) is 2.66. The minimum Gasteiger partial charge on any atom is -0.479 e. The summed E-state index contributed by atoms with van der Waals surface area (Å²) >= 11 is 0. The van der Waals surface area contributed by atoms with Gasteiger partial charge in [0.2, 0.25) is 5.91 Å². The zero-order valence-electron chi connectivity index (χ0n) is 15.2. The van der Waals surface area contributed by atoms with E-state index in [9.17, 15) is 19.5 Å². The maximum Gasteiger partial charge on any atom is 0.334 e. The predicted molar refractivity (Wildman–Crippen MR) is 92.6 cm³/mol. The topological polar surface area (TPSA) is 128 Å². The second-order valence-corrected chi connectivity index (χ2v) is 6.94. The molecule has 0 spiro atoms. The number of urea groups is 1. The lowest BCUT2D eigenvalue weighted by Gasteiger charge is -2.40. The predicted octanol–water partition coefficient (Wildman–Crippen LogP) is 0.0714. The lowest BCUT2D eigenvalue weighted by Crippen LogP contribution is -2.64. The van der Waals surface area contributed by atoms with Crippen LogP contribution in [0.25, 0.3) is 0 Å². The molecule has 0 bridgehead atoms. The van der Waals surface area contributed by atoms with E-state index in [4.69, 9.17) is 9.84 Å². The van der Waals surface area contributed by atoms with Crippen LogP contribution in [0, 0.1) is 0 Å². The maximum absolute atomic E-state index is 13.0. The molecule has 1 aliphatic carbocycles. The first-order valence-electron chi connectivity index (χ1n) is 9.26. The van der Waals surface area contributed by atoms with Gasteiger partial charge in [0.1, 0.15) is 5.54 Å². The highest BCUT2D eigenvalue weighted by Gasteiger charge is 2.43. The number of rotatable bonds is 6. The van der Waals surface area contributed by atoms with E-state index < -0.39 is 29.6 Å². The number of carboxylic acid groups (broad SMARTS) is 1. The van der Waals surface area contributed by atoms with E-state index in [1.54, 1.807) is 11.8 Å². The summed E-state index contributed by atoms with van der Waals surface area (Å²) in [6.07, 6.45) is 2.16. The molecule has 4 N–H and O–H groups in total. The van der Waals surface area contributed by atoms with Crippen molar-refractivity contribution in [1.29, 1.82) is 0 Å². The Balaban J connectivity index is 2.10. The quantitative estimate of drug-likeness (QED) is 0.523. The van der Waals surface area contributed by atoms with Gasteiger partial charge in [0.05, 0.1) is 19.3 Å². The Morgan fingerprint density at radius 2 is 1.77 bits per heavy atom. The van der Waals surface area contributed by atoms with Gasteiger partial charge in [-0.2, -0.15) is 0 Å². The molecule has 2 rings (SSSR count). The Hall–Kier alpha value is -1.87. The third-order valence-corrected chi connectivity index (χ3v) is 5.18. The monoisotopic (exact) mass is 371 g/mol.